The molecule has 0 fully saturated rings. The number of carbonyl (C=O) groups excluding carboxylic acids is 2. The van der Waals surface area contributed by atoms with Gasteiger partial charge < -0.3 is 24.9 Å². The van der Waals surface area contributed by atoms with Crippen LogP contribution in [0.1, 0.15) is 28.1 Å². The van der Waals surface area contributed by atoms with Gasteiger partial charge in [0.15, 0.2) is 5.78 Å². The molecular formula is C22H24N4O7. The van der Waals surface area contributed by atoms with E-state index >= 15 is 0 Å². The van der Waals surface area contributed by atoms with Gasteiger partial charge in [0, 0.05) is 12.7 Å². The summed E-state index contributed by atoms with van der Waals surface area (Å²) < 4.78 is 4.56. The molecule has 2 heterocycles. The average Bonchev–Trinajstić information content (AvgIpc) is 2.84. The second kappa shape index (κ2) is 12.6. The highest BCUT2D eigenvalue weighted by Crippen LogP contribution is 2.10. The summed E-state index contributed by atoms with van der Waals surface area (Å²) in [6.07, 6.45) is 2.57. The molecule has 0 aliphatic heterocycles. The number of hydrogen-bond donors (Lipinski definition) is 4. The highest BCUT2D eigenvalue weighted by Gasteiger charge is 2.08. The van der Waals surface area contributed by atoms with Crippen LogP contribution in [-0.4, -0.2) is 62.7 Å². The summed E-state index contributed by atoms with van der Waals surface area (Å²) in [5.74, 6) is -0.835. The van der Waals surface area contributed by atoms with E-state index in [1.54, 1.807) is 6.07 Å². The average molecular weight is 456 g/mol. The molecule has 0 spiro atoms. The summed E-state index contributed by atoms with van der Waals surface area (Å²) in [6.45, 7) is -0.547. The SMILES string of the molecule is C.CO.COC(=O)c1ccc2c(=O)[nH]cnc2c1.O=C(CO)c1ccc2c(=O)[nH]cnc2c1. The smallest absolute Gasteiger partial charge is 0.337 e. The number of hydrogen-bond acceptors (Lipinski definition) is 9. The van der Waals surface area contributed by atoms with E-state index in [0.29, 0.717) is 32.9 Å². The molecule has 11 heteroatoms. The van der Waals surface area contributed by atoms with Gasteiger partial charge in [0.2, 0.25) is 0 Å². The highest BCUT2D eigenvalue weighted by atomic mass is 16.5. The van der Waals surface area contributed by atoms with Crippen molar-refractivity contribution < 1.29 is 24.5 Å². The van der Waals surface area contributed by atoms with Crippen molar-refractivity contribution >= 4 is 33.6 Å². The van der Waals surface area contributed by atoms with Gasteiger partial charge in [-0.1, -0.05) is 13.5 Å². The molecule has 0 aliphatic rings. The fourth-order valence-electron chi connectivity index (χ4n) is 2.65. The number of nitrogens with zero attached hydrogens (tertiary/aromatic N) is 2. The number of aromatic nitrogens is 4. The molecule has 0 amide bonds. The van der Waals surface area contributed by atoms with Crippen molar-refractivity contribution in [1.29, 1.82) is 0 Å². The number of aliphatic hydroxyl groups is 2. The van der Waals surface area contributed by atoms with Crippen molar-refractivity contribution in [2.24, 2.45) is 0 Å². The van der Waals surface area contributed by atoms with E-state index in [2.05, 4.69) is 24.7 Å². The van der Waals surface area contributed by atoms with Gasteiger partial charge in [-0.25, -0.2) is 14.8 Å². The van der Waals surface area contributed by atoms with E-state index < -0.39 is 12.6 Å². The number of carbonyl (C=O) groups is 2. The molecule has 0 atom stereocenters. The molecule has 4 rings (SSSR count). The molecule has 4 N–H and O–H groups in total. The number of fused-ring (bicyclic) bond motifs is 2. The minimum atomic E-state index is -0.547. The van der Waals surface area contributed by atoms with Gasteiger partial charge >= 0.3 is 5.97 Å². The molecule has 0 saturated heterocycles. The van der Waals surface area contributed by atoms with E-state index in [0.717, 1.165) is 7.11 Å². The predicted molar refractivity (Wildman–Crippen MR) is 122 cm³/mol. The van der Waals surface area contributed by atoms with E-state index in [9.17, 15) is 19.2 Å². The van der Waals surface area contributed by atoms with Crippen LogP contribution in [0.3, 0.4) is 0 Å². The van der Waals surface area contributed by atoms with Crippen LogP contribution in [0, 0.1) is 0 Å². The molecule has 4 aromatic rings. The van der Waals surface area contributed by atoms with Crippen LogP contribution >= 0.6 is 0 Å². The van der Waals surface area contributed by atoms with Crippen molar-refractivity contribution in [2.75, 3.05) is 20.8 Å². The number of Topliss-reactive ketones (excluding diaryl/α,β-unsaturated/α-hetero) is 1. The molecule has 2 aromatic heterocycles. The van der Waals surface area contributed by atoms with Crippen LogP contribution in [0.4, 0.5) is 0 Å². The fraction of sp³-hybridized carbons (Fsp3) is 0.182. The number of methoxy groups -OCH3 is 1. The fourth-order valence-corrected chi connectivity index (χ4v) is 2.65. The first kappa shape index (κ1) is 26.8. The summed E-state index contributed by atoms with van der Waals surface area (Å²) in [5, 5.41) is 16.5. The van der Waals surface area contributed by atoms with Crippen LogP contribution in [0.15, 0.2) is 58.6 Å². The van der Waals surface area contributed by atoms with Crippen LogP contribution < -0.4 is 11.1 Å². The van der Waals surface area contributed by atoms with Crippen molar-refractivity contribution in [3.63, 3.8) is 0 Å². The first-order chi connectivity index (χ1) is 15.4. The Labute approximate surface area is 187 Å². The van der Waals surface area contributed by atoms with Crippen LogP contribution in [0.5, 0.6) is 0 Å². The molecule has 2 aromatic carbocycles. The van der Waals surface area contributed by atoms with Crippen LogP contribution in [-0.2, 0) is 4.74 Å². The molecule has 0 saturated carbocycles. The summed E-state index contributed by atoms with van der Waals surface area (Å²) >= 11 is 0. The number of aromatic amines is 2. The topological polar surface area (TPSA) is 175 Å². The molecule has 0 radical (unpaired) electrons. The zero-order valence-corrected chi connectivity index (χ0v) is 17.2. The number of H-pyrrole nitrogens is 2. The summed E-state index contributed by atoms with van der Waals surface area (Å²) in [7, 11) is 2.30. The molecule has 33 heavy (non-hydrogen) atoms. The lowest BCUT2D eigenvalue weighted by atomic mass is 10.1. The number of ether oxygens (including phenoxy) is 1. The summed E-state index contributed by atoms with van der Waals surface area (Å²) in [4.78, 5) is 57.8. The van der Waals surface area contributed by atoms with E-state index in [4.69, 9.17) is 10.2 Å². The Morgan fingerprint density at radius 3 is 1.79 bits per heavy atom. The van der Waals surface area contributed by atoms with E-state index in [1.165, 1.54) is 50.1 Å². The maximum atomic E-state index is 11.3. The standard InChI is InChI=1S/2C10H8N2O3.CH4O.CH4/c1-15-10(14)6-2-3-7-8(4-6)11-5-12-9(7)13;13-4-9(14)6-1-2-7-8(3-6)11-5-12-10(7)15;1-2;/h2-5H,1H3,(H,11,12,13);1-3,5,13H,4H2,(H,11,12,15);2H,1H3;1H4. The third-order valence-corrected chi connectivity index (χ3v) is 4.17. The first-order valence-electron chi connectivity index (χ1n) is 9.06. The molecule has 0 unspecified atom stereocenters. The second-order valence-corrected chi connectivity index (χ2v) is 6.00. The van der Waals surface area contributed by atoms with Crippen molar-refractivity contribution in [1.82, 2.24) is 19.9 Å². The molecule has 11 nitrogen and oxygen atoms in total. The monoisotopic (exact) mass is 456 g/mol. The molecule has 0 bridgehead atoms. The predicted octanol–water partition coefficient (Wildman–Crippen LogP) is 1.05. The Hall–Kier alpha value is -4.22. The minimum Gasteiger partial charge on any atom is -0.465 e. The maximum Gasteiger partial charge on any atom is 0.337 e. The van der Waals surface area contributed by atoms with Gasteiger partial charge in [-0.05, 0) is 30.3 Å². The number of esters is 1. The molecular weight excluding hydrogens is 432 g/mol. The number of nitrogens with one attached hydrogen (secondary N) is 2. The maximum absolute atomic E-state index is 11.3. The van der Waals surface area contributed by atoms with Gasteiger partial charge in [0.1, 0.15) is 6.61 Å². The summed E-state index contributed by atoms with van der Waals surface area (Å²) in [6, 6.07) is 9.11. The summed E-state index contributed by atoms with van der Waals surface area (Å²) in [5.41, 5.74) is 1.17. The van der Waals surface area contributed by atoms with Gasteiger partial charge in [-0.2, -0.15) is 0 Å². The minimum absolute atomic E-state index is 0. The highest BCUT2D eigenvalue weighted by molar-refractivity contribution is 5.99. The third kappa shape index (κ3) is 6.38. The largest absolute Gasteiger partial charge is 0.465 e. The Morgan fingerprint density at radius 1 is 0.879 bits per heavy atom. The van der Waals surface area contributed by atoms with Crippen molar-refractivity contribution in [3.05, 3.63) is 80.9 Å². The van der Waals surface area contributed by atoms with Gasteiger partial charge in [0.05, 0.1) is 47.1 Å². The third-order valence-electron chi connectivity index (χ3n) is 4.17. The number of ketones is 1. The zero-order valence-electron chi connectivity index (χ0n) is 17.2. The van der Waals surface area contributed by atoms with E-state index in [-0.39, 0.29) is 24.3 Å². The molecule has 174 valence electrons. The zero-order chi connectivity index (χ0) is 23.7. The van der Waals surface area contributed by atoms with Crippen LogP contribution in [0.2, 0.25) is 0 Å². The lowest BCUT2D eigenvalue weighted by Crippen LogP contribution is -2.08. The second-order valence-electron chi connectivity index (χ2n) is 6.00. The lowest BCUT2D eigenvalue weighted by Gasteiger charge is -2.00. The van der Waals surface area contributed by atoms with Gasteiger partial charge in [-0.15, -0.1) is 0 Å². The Morgan fingerprint density at radius 2 is 1.33 bits per heavy atom. The quantitative estimate of drug-likeness (QED) is 0.259. The van der Waals surface area contributed by atoms with Crippen molar-refractivity contribution in [3.8, 4) is 0 Å². The Balaban J connectivity index is 0.000000299. The Kier molecular flexibility index (Phi) is 10.2. The van der Waals surface area contributed by atoms with E-state index in [1.807, 2.05) is 0 Å². The van der Waals surface area contributed by atoms with Gasteiger partial charge in [-0.3, -0.25) is 14.4 Å². The number of benzene rings is 2. The number of aliphatic hydroxyl groups excluding tert-OH is 2. The molecule has 0 aliphatic carbocycles. The lowest BCUT2D eigenvalue weighted by molar-refractivity contribution is 0.0600. The Bertz CT molecular complexity index is 1260. The van der Waals surface area contributed by atoms with Crippen molar-refractivity contribution in [2.45, 2.75) is 7.43 Å². The number of rotatable bonds is 3. The van der Waals surface area contributed by atoms with Crippen LogP contribution in [0.25, 0.3) is 21.8 Å². The van der Waals surface area contributed by atoms with Gasteiger partial charge in [0.25, 0.3) is 11.1 Å². The first-order valence-corrected chi connectivity index (χ1v) is 9.06. The normalized spacial score (nSPS) is 9.58.